The highest BCUT2D eigenvalue weighted by Crippen LogP contribution is 2.32. The van der Waals surface area contributed by atoms with Crippen LogP contribution in [-0.2, 0) is 4.79 Å². The third kappa shape index (κ3) is 3.15. The van der Waals surface area contributed by atoms with Gasteiger partial charge >= 0.3 is 0 Å². The summed E-state index contributed by atoms with van der Waals surface area (Å²) in [6, 6.07) is 7.41. The fraction of sp³-hybridized carbons (Fsp3) is 0.231. The van der Waals surface area contributed by atoms with Gasteiger partial charge in [0.1, 0.15) is 10.1 Å². The zero-order valence-electron chi connectivity index (χ0n) is 10.3. The zero-order chi connectivity index (χ0) is 13.8. The minimum absolute atomic E-state index is 0.0950. The highest BCUT2D eigenvalue weighted by atomic mass is 32.2. The Morgan fingerprint density at radius 1 is 1.42 bits per heavy atom. The molecule has 0 spiro atoms. The van der Waals surface area contributed by atoms with Gasteiger partial charge in [-0.15, -0.1) is 0 Å². The van der Waals surface area contributed by atoms with Crippen LogP contribution in [0.2, 0.25) is 0 Å². The number of carbonyl (C=O) groups excluding carboxylic acids is 1. The summed E-state index contributed by atoms with van der Waals surface area (Å²) >= 11 is 6.37. The van der Waals surface area contributed by atoms with Gasteiger partial charge in [-0.3, -0.25) is 9.69 Å². The molecular weight excluding hydrogens is 282 g/mol. The van der Waals surface area contributed by atoms with Crippen LogP contribution in [0.3, 0.4) is 0 Å². The molecule has 0 unspecified atom stereocenters. The Bertz CT molecular complexity index is 525. The fourth-order valence-corrected chi connectivity index (χ4v) is 2.95. The van der Waals surface area contributed by atoms with Crippen molar-refractivity contribution in [1.82, 2.24) is 4.90 Å². The van der Waals surface area contributed by atoms with Gasteiger partial charge in [0, 0.05) is 0 Å². The minimum atomic E-state index is -0.153. The number of aliphatic hydroxyl groups is 1. The number of ether oxygens (including phenoxy) is 1. The molecule has 1 aromatic carbocycles. The SMILES string of the molecule is COc1ccc(C=C2SC(=S)N(CCO)C2=O)cc1. The molecule has 0 radical (unpaired) electrons. The number of hydrogen-bond acceptors (Lipinski definition) is 5. The Kier molecular flexibility index (Phi) is 4.57. The van der Waals surface area contributed by atoms with Crippen molar-refractivity contribution in [2.24, 2.45) is 0 Å². The number of nitrogens with zero attached hydrogens (tertiary/aromatic N) is 1. The summed E-state index contributed by atoms with van der Waals surface area (Å²) in [6.45, 7) is 0.146. The number of thioether (sulfide) groups is 1. The normalized spacial score (nSPS) is 17.4. The number of amides is 1. The van der Waals surface area contributed by atoms with Crippen LogP contribution in [0.1, 0.15) is 5.56 Å². The molecule has 100 valence electrons. The van der Waals surface area contributed by atoms with Crippen LogP contribution in [0.5, 0.6) is 5.75 Å². The molecule has 1 aliphatic rings. The van der Waals surface area contributed by atoms with Crippen molar-refractivity contribution in [2.45, 2.75) is 0 Å². The molecule has 1 aromatic rings. The smallest absolute Gasteiger partial charge is 0.266 e. The maximum Gasteiger partial charge on any atom is 0.266 e. The minimum Gasteiger partial charge on any atom is -0.497 e. The predicted molar refractivity (Wildman–Crippen MR) is 80.0 cm³/mol. The second kappa shape index (κ2) is 6.18. The number of aliphatic hydroxyl groups excluding tert-OH is 1. The second-order valence-electron chi connectivity index (χ2n) is 3.83. The largest absolute Gasteiger partial charge is 0.497 e. The van der Waals surface area contributed by atoms with E-state index in [1.54, 1.807) is 13.2 Å². The Morgan fingerprint density at radius 2 is 2.11 bits per heavy atom. The van der Waals surface area contributed by atoms with E-state index in [2.05, 4.69) is 0 Å². The molecule has 19 heavy (non-hydrogen) atoms. The van der Waals surface area contributed by atoms with Crippen molar-refractivity contribution in [1.29, 1.82) is 0 Å². The van der Waals surface area contributed by atoms with Crippen LogP contribution in [0, 0.1) is 0 Å². The lowest BCUT2D eigenvalue weighted by Gasteiger charge is -2.11. The van der Waals surface area contributed by atoms with Crippen molar-refractivity contribution in [3.05, 3.63) is 34.7 Å². The Labute approximate surface area is 121 Å². The maximum absolute atomic E-state index is 12.0. The summed E-state index contributed by atoms with van der Waals surface area (Å²) in [5, 5.41) is 8.90. The summed E-state index contributed by atoms with van der Waals surface area (Å²) < 4.78 is 5.56. The second-order valence-corrected chi connectivity index (χ2v) is 5.51. The summed E-state index contributed by atoms with van der Waals surface area (Å²) in [6.07, 6.45) is 1.79. The van der Waals surface area contributed by atoms with Crippen LogP contribution in [0.4, 0.5) is 0 Å². The molecule has 1 heterocycles. The Balaban J connectivity index is 2.19. The number of β-amino-alcohol motifs (C(OH)–C–C–N with tert-alkyl or cyclic N) is 1. The fourth-order valence-electron chi connectivity index (χ4n) is 1.64. The molecule has 0 bridgehead atoms. The number of benzene rings is 1. The van der Waals surface area contributed by atoms with Gasteiger partial charge in [-0.1, -0.05) is 36.1 Å². The average Bonchev–Trinajstić information content (AvgIpc) is 2.68. The van der Waals surface area contributed by atoms with Crippen LogP contribution in [-0.4, -0.2) is 40.5 Å². The van der Waals surface area contributed by atoms with E-state index >= 15 is 0 Å². The summed E-state index contributed by atoms with van der Waals surface area (Å²) in [5.41, 5.74) is 0.908. The van der Waals surface area contributed by atoms with E-state index in [9.17, 15) is 4.79 Å². The van der Waals surface area contributed by atoms with Crippen molar-refractivity contribution in [3.63, 3.8) is 0 Å². The monoisotopic (exact) mass is 295 g/mol. The van der Waals surface area contributed by atoms with Gasteiger partial charge in [0.2, 0.25) is 0 Å². The topological polar surface area (TPSA) is 49.8 Å². The summed E-state index contributed by atoms with van der Waals surface area (Å²) in [7, 11) is 1.61. The molecule has 2 rings (SSSR count). The molecule has 4 nitrogen and oxygen atoms in total. The number of carbonyl (C=O) groups is 1. The van der Waals surface area contributed by atoms with Crippen molar-refractivity contribution < 1.29 is 14.6 Å². The lowest BCUT2D eigenvalue weighted by Crippen LogP contribution is -2.30. The highest BCUT2D eigenvalue weighted by Gasteiger charge is 2.31. The number of hydrogen-bond donors (Lipinski definition) is 1. The van der Waals surface area contributed by atoms with Gasteiger partial charge in [-0.05, 0) is 23.8 Å². The maximum atomic E-state index is 12.0. The third-order valence-electron chi connectivity index (χ3n) is 2.61. The van der Waals surface area contributed by atoms with Gasteiger partial charge in [-0.2, -0.15) is 0 Å². The molecule has 0 aliphatic carbocycles. The van der Waals surface area contributed by atoms with E-state index in [-0.39, 0.29) is 19.1 Å². The first-order valence-corrected chi connectivity index (χ1v) is 6.88. The first-order valence-electron chi connectivity index (χ1n) is 5.66. The lowest BCUT2D eigenvalue weighted by molar-refractivity contribution is -0.122. The number of rotatable bonds is 4. The van der Waals surface area contributed by atoms with Gasteiger partial charge < -0.3 is 9.84 Å². The number of thiocarbonyl (C=S) groups is 1. The Morgan fingerprint density at radius 3 is 2.68 bits per heavy atom. The molecule has 1 saturated heterocycles. The van der Waals surface area contributed by atoms with Gasteiger partial charge in [0.25, 0.3) is 5.91 Å². The van der Waals surface area contributed by atoms with Gasteiger partial charge in [-0.25, -0.2) is 0 Å². The van der Waals surface area contributed by atoms with Crippen molar-refractivity contribution in [3.8, 4) is 5.75 Å². The van der Waals surface area contributed by atoms with Crippen LogP contribution in [0.15, 0.2) is 29.2 Å². The first-order chi connectivity index (χ1) is 9.15. The average molecular weight is 295 g/mol. The van der Waals surface area contributed by atoms with Gasteiger partial charge in [0.15, 0.2) is 0 Å². The molecule has 0 saturated carbocycles. The standard InChI is InChI=1S/C13H13NO3S2/c1-17-10-4-2-9(3-5-10)8-11-12(16)14(6-7-15)13(18)19-11/h2-5,8,15H,6-7H2,1H3. The lowest BCUT2D eigenvalue weighted by atomic mass is 10.2. The van der Waals surface area contributed by atoms with Crippen molar-refractivity contribution in [2.75, 3.05) is 20.3 Å². The van der Waals surface area contributed by atoms with E-state index in [0.717, 1.165) is 11.3 Å². The highest BCUT2D eigenvalue weighted by molar-refractivity contribution is 8.26. The van der Waals surface area contributed by atoms with E-state index in [1.807, 2.05) is 24.3 Å². The molecule has 1 N–H and O–H groups in total. The van der Waals surface area contributed by atoms with Crippen molar-refractivity contribution >= 4 is 40.3 Å². The molecule has 1 amide bonds. The number of methoxy groups -OCH3 is 1. The third-order valence-corrected chi connectivity index (χ3v) is 3.99. The molecule has 0 atom stereocenters. The van der Waals surface area contributed by atoms with Crippen LogP contribution < -0.4 is 4.74 Å². The quantitative estimate of drug-likeness (QED) is 0.679. The Hall–Kier alpha value is -1.37. The zero-order valence-corrected chi connectivity index (χ0v) is 12.0. The molecule has 0 aromatic heterocycles. The summed E-state index contributed by atoms with van der Waals surface area (Å²) in [5.74, 6) is 0.616. The molecule has 6 heteroatoms. The van der Waals surface area contributed by atoms with Gasteiger partial charge in [0.05, 0.1) is 25.2 Å². The predicted octanol–water partition coefficient (Wildman–Crippen LogP) is 1.89. The van der Waals surface area contributed by atoms with E-state index in [0.29, 0.717) is 9.23 Å². The van der Waals surface area contributed by atoms with Crippen LogP contribution >= 0.6 is 24.0 Å². The van der Waals surface area contributed by atoms with E-state index in [4.69, 9.17) is 22.1 Å². The molecule has 1 fully saturated rings. The van der Waals surface area contributed by atoms with E-state index < -0.39 is 0 Å². The first kappa shape index (κ1) is 14.0. The van der Waals surface area contributed by atoms with E-state index in [1.165, 1.54) is 16.7 Å². The molecule has 1 aliphatic heterocycles. The molecular formula is C13H13NO3S2. The summed E-state index contributed by atoms with van der Waals surface area (Å²) in [4.78, 5) is 14.0. The van der Waals surface area contributed by atoms with Crippen LogP contribution in [0.25, 0.3) is 6.08 Å².